The summed E-state index contributed by atoms with van der Waals surface area (Å²) in [5.74, 6) is 7.16. The Hall–Kier alpha value is -2.26. The second-order valence-corrected chi connectivity index (χ2v) is 14.0. The highest BCUT2D eigenvalue weighted by Gasteiger charge is 2.27. The van der Waals surface area contributed by atoms with Gasteiger partial charge in [0.2, 0.25) is 0 Å². The van der Waals surface area contributed by atoms with Crippen LogP contribution in [0.15, 0.2) is 81.5 Å². The fraction of sp³-hybridized carbons (Fsp3) is 0.600. The Kier molecular flexibility index (Phi) is 13.8. The molecule has 1 unspecified atom stereocenters. The zero-order chi connectivity index (χ0) is 29.8. The topological polar surface area (TPSA) is 0 Å². The molecule has 220 valence electrons. The molecule has 0 saturated heterocycles. The molecular formula is C40H60. The minimum atomic E-state index is 0.296. The van der Waals surface area contributed by atoms with Crippen LogP contribution in [0.1, 0.15) is 140 Å². The first-order valence-electron chi connectivity index (χ1n) is 16.0. The van der Waals surface area contributed by atoms with Crippen LogP contribution < -0.4 is 0 Å². The van der Waals surface area contributed by atoms with E-state index in [1.807, 2.05) is 0 Å². The SMILES string of the molecule is CC1=C(/C=C/C(C)=C/CC/C(C)=C/CC/C=C(\C)CC#CC(C)/C=C/C2=C(C)CCCC2(C)C)C(C)(C)CCC1. The molecule has 0 aliphatic heterocycles. The molecule has 1 atom stereocenters. The first-order chi connectivity index (χ1) is 18.8. The third-order valence-corrected chi connectivity index (χ3v) is 9.00. The molecule has 0 aromatic rings. The Morgan fingerprint density at radius 1 is 0.775 bits per heavy atom. The highest BCUT2D eigenvalue weighted by Crippen LogP contribution is 2.41. The van der Waals surface area contributed by atoms with Crippen LogP contribution in [0, 0.1) is 28.6 Å². The highest BCUT2D eigenvalue weighted by molar-refractivity contribution is 5.36. The molecule has 2 aliphatic rings. The Morgan fingerprint density at radius 2 is 1.32 bits per heavy atom. The number of unbranched alkanes of at least 4 members (excludes halogenated alkanes) is 1. The average molecular weight is 541 g/mol. The third-order valence-electron chi connectivity index (χ3n) is 9.00. The van der Waals surface area contributed by atoms with Crippen molar-refractivity contribution in [1.82, 2.24) is 0 Å². The molecule has 40 heavy (non-hydrogen) atoms. The summed E-state index contributed by atoms with van der Waals surface area (Å²) in [5.41, 5.74) is 11.1. The lowest BCUT2D eigenvalue weighted by molar-refractivity contribution is 0.376. The molecule has 0 fully saturated rings. The Labute approximate surface area is 249 Å². The zero-order valence-corrected chi connectivity index (χ0v) is 27.9. The predicted molar refractivity (Wildman–Crippen MR) is 180 cm³/mol. The minimum absolute atomic E-state index is 0.296. The van der Waals surface area contributed by atoms with E-state index in [-0.39, 0.29) is 0 Å². The van der Waals surface area contributed by atoms with Gasteiger partial charge in [-0.15, -0.1) is 0 Å². The highest BCUT2D eigenvalue weighted by atomic mass is 14.3. The van der Waals surface area contributed by atoms with Crippen LogP contribution in [0.3, 0.4) is 0 Å². The van der Waals surface area contributed by atoms with Gasteiger partial charge >= 0.3 is 0 Å². The van der Waals surface area contributed by atoms with E-state index in [1.54, 1.807) is 16.7 Å². The van der Waals surface area contributed by atoms with Crippen LogP contribution in [0.4, 0.5) is 0 Å². The molecule has 0 nitrogen and oxygen atoms in total. The van der Waals surface area contributed by atoms with Gasteiger partial charge in [-0.2, -0.15) is 0 Å². The van der Waals surface area contributed by atoms with Gasteiger partial charge in [-0.1, -0.05) is 110 Å². The molecule has 0 aromatic heterocycles. The van der Waals surface area contributed by atoms with Crippen molar-refractivity contribution in [2.24, 2.45) is 16.7 Å². The number of rotatable bonds is 11. The van der Waals surface area contributed by atoms with Gasteiger partial charge in [-0.25, -0.2) is 0 Å². The van der Waals surface area contributed by atoms with Crippen molar-refractivity contribution in [3.8, 4) is 11.8 Å². The van der Waals surface area contributed by atoms with E-state index in [2.05, 4.69) is 124 Å². The Bertz CT molecular complexity index is 1120. The van der Waals surface area contributed by atoms with Gasteiger partial charge in [0.25, 0.3) is 0 Å². The standard InChI is InChI=1S/C40H60/c1-31(19-13-21-33(3)25-27-37-35(5)23-15-29-39(37,7)8)17-11-12-18-32(2)20-14-22-34(4)26-28-38-36(6)24-16-30-40(38,9)10/h17-18,21,25-28,34H,11-13,15-16,19-20,23-24,29-30H2,1-10H3/b27-25+,28-26+,31-17+,32-18+,33-21+. The van der Waals surface area contributed by atoms with Crippen molar-refractivity contribution in [2.45, 2.75) is 140 Å². The van der Waals surface area contributed by atoms with Crippen molar-refractivity contribution >= 4 is 0 Å². The number of allylic oxidation sites excluding steroid dienone is 14. The molecule has 0 saturated carbocycles. The molecule has 0 spiro atoms. The summed E-state index contributed by atoms with van der Waals surface area (Å²) in [7, 11) is 0. The maximum Gasteiger partial charge on any atom is 0.0357 e. The molecular weight excluding hydrogens is 480 g/mol. The lowest BCUT2D eigenvalue weighted by Crippen LogP contribution is -2.19. The molecule has 0 amide bonds. The molecule has 0 bridgehead atoms. The third kappa shape index (κ3) is 11.7. The van der Waals surface area contributed by atoms with Crippen LogP contribution in [-0.2, 0) is 0 Å². The summed E-state index contributed by atoms with van der Waals surface area (Å²) in [5, 5.41) is 0. The summed E-state index contributed by atoms with van der Waals surface area (Å²) < 4.78 is 0. The Morgan fingerprint density at radius 3 is 1.90 bits per heavy atom. The van der Waals surface area contributed by atoms with Crippen molar-refractivity contribution in [1.29, 1.82) is 0 Å². The summed E-state index contributed by atoms with van der Waals surface area (Å²) in [6.45, 7) is 23.1. The van der Waals surface area contributed by atoms with E-state index in [0.717, 1.165) is 32.1 Å². The smallest absolute Gasteiger partial charge is 0.0357 e. The average Bonchev–Trinajstić information content (AvgIpc) is 2.85. The van der Waals surface area contributed by atoms with Crippen LogP contribution >= 0.6 is 0 Å². The lowest BCUT2D eigenvalue weighted by atomic mass is 9.72. The summed E-state index contributed by atoms with van der Waals surface area (Å²) in [6.07, 6.45) is 29.6. The largest absolute Gasteiger partial charge is 0.0983 e. The van der Waals surface area contributed by atoms with Crippen LogP contribution in [0.2, 0.25) is 0 Å². The molecule has 0 heterocycles. The van der Waals surface area contributed by atoms with Crippen molar-refractivity contribution in [3.63, 3.8) is 0 Å². The summed E-state index contributed by atoms with van der Waals surface area (Å²) >= 11 is 0. The van der Waals surface area contributed by atoms with Gasteiger partial charge in [0.1, 0.15) is 0 Å². The fourth-order valence-corrected chi connectivity index (χ4v) is 6.30. The van der Waals surface area contributed by atoms with Crippen molar-refractivity contribution in [3.05, 3.63) is 81.5 Å². The number of hydrogen-bond acceptors (Lipinski definition) is 0. The first-order valence-corrected chi connectivity index (χ1v) is 16.0. The summed E-state index contributed by atoms with van der Waals surface area (Å²) in [4.78, 5) is 0. The van der Waals surface area contributed by atoms with Gasteiger partial charge in [-0.05, 0) is 128 Å². The lowest BCUT2D eigenvalue weighted by Gasteiger charge is -2.33. The normalized spacial score (nSPS) is 21.3. The molecule has 0 heteroatoms. The fourth-order valence-electron chi connectivity index (χ4n) is 6.30. The second kappa shape index (κ2) is 16.2. The first kappa shape index (κ1) is 33.9. The Balaban J connectivity index is 1.74. The van der Waals surface area contributed by atoms with Gasteiger partial charge in [0, 0.05) is 12.3 Å². The van der Waals surface area contributed by atoms with Crippen molar-refractivity contribution in [2.75, 3.05) is 0 Å². The molecule has 0 N–H and O–H groups in total. The summed E-state index contributed by atoms with van der Waals surface area (Å²) in [6, 6.07) is 0. The molecule has 2 rings (SSSR count). The van der Waals surface area contributed by atoms with Gasteiger partial charge in [-0.3, -0.25) is 0 Å². The molecule has 2 aliphatic carbocycles. The maximum atomic E-state index is 3.44. The van der Waals surface area contributed by atoms with Crippen LogP contribution in [-0.4, -0.2) is 0 Å². The second-order valence-electron chi connectivity index (χ2n) is 14.0. The molecule has 0 radical (unpaired) electrons. The van der Waals surface area contributed by atoms with E-state index in [1.165, 1.54) is 60.8 Å². The van der Waals surface area contributed by atoms with Gasteiger partial charge in [0.05, 0.1) is 0 Å². The van der Waals surface area contributed by atoms with E-state index in [0.29, 0.717) is 16.7 Å². The maximum absolute atomic E-state index is 3.44. The number of hydrogen-bond donors (Lipinski definition) is 0. The van der Waals surface area contributed by atoms with Gasteiger partial charge in [0.15, 0.2) is 0 Å². The quantitative estimate of drug-likeness (QED) is 0.106. The van der Waals surface area contributed by atoms with Crippen molar-refractivity contribution < 1.29 is 0 Å². The monoisotopic (exact) mass is 540 g/mol. The van der Waals surface area contributed by atoms with Crippen LogP contribution in [0.5, 0.6) is 0 Å². The minimum Gasteiger partial charge on any atom is -0.0983 e. The zero-order valence-electron chi connectivity index (χ0n) is 27.9. The van der Waals surface area contributed by atoms with E-state index < -0.39 is 0 Å². The van der Waals surface area contributed by atoms with Gasteiger partial charge < -0.3 is 0 Å². The van der Waals surface area contributed by atoms with E-state index in [9.17, 15) is 0 Å². The predicted octanol–water partition coefficient (Wildman–Crippen LogP) is 12.6. The molecule has 0 aromatic carbocycles. The van der Waals surface area contributed by atoms with E-state index in [4.69, 9.17) is 0 Å². The van der Waals surface area contributed by atoms with Crippen LogP contribution in [0.25, 0.3) is 0 Å². The van der Waals surface area contributed by atoms with E-state index >= 15 is 0 Å².